The first-order valence-electron chi connectivity index (χ1n) is 7.56. The summed E-state index contributed by atoms with van der Waals surface area (Å²) in [5.74, 6) is 0. The SMILES string of the molecule is CCC(C)(O)CNC1CCCN(C(=O)OC(C)(C)C)C1. The van der Waals surface area contributed by atoms with Crippen LogP contribution in [0.1, 0.15) is 53.9 Å². The molecule has 1 aliphatic heterocycles. The van der Waals surface area contributed by atoms with Crippen LogP contribution in [0.15, 0.2) is 0 Å². The van der Waals surface area contributed by atoms with E-state index in [-0.39, 0.29) is 12.1 Å². The minimum absolute atomic E-state index is 0.231. The fourth-order valence-corrected chi connectivity index (χ4v) is 2.13. The molecule has 1 saturated heterocycles. The molecular formula is C15H30N2O3. The van der Waals surface area contributed by atoms with Gasteiger partial charge in [-0.2, -0.15) is 0 Å². The summed E-state index contributed by atoms with van der Waals surface area (Å²) in [6.45, 7) is 11.4. The van der Waals surface area contributed by atoms with E-state index in [1.54, 1.807) is 4.90 Å². The number of nitrogens with zero attached hydrogens (tertiary/aromatic N) is 1. The van der Waals surface area contributed by atoms with E-state index < -0.39 is 11.2 Å². The van der Waals surface area contributed by atoms with E-state index in [0.29, 0.717) is 19.5 Å². The lowest BCUT2D eigenvalue weighted by Gasteiger charge is -2.35. The second kappa shape index (κ2) is 6.76. The number of hydrogen-bond acceptors (Lipinski definition) is 4. The number of aliphatic hydroxyl groups is 1. The summed E-state index contributed by atoms with van der Waals surface area (Å²) in [5.41, 5.74) is -1.14. The molecule has 5 nitrogen and oxygen atoms in total. The normalized spacial score (nSPS) is 23.3. The Hall–Kier alpha value is -0.810. The first-order chi connectivity index (χ1) is 9.13. The van der Waals surface area contributed by atoms with Crippen molar-refractivity contribution in [1.82, 2.24) is 10.2 Å². The quantitative estimate of drug-likeness (QED) is 0.831. The van der Waals surface area contributed by atoms with Crippen LogP contribution in [-0.4, -0.2) is 53.0 Å². The summed E-state index contributed by atoms with van der Waals surface area (Å²) in [6, 6.07) is 0.231. The lowest BCUT2D eigenvalue weighted by molar-refractivity contribution is 0.0161. The highest BCUT2D eigenvalue weighted by molar-refractivity contribution is 5.68. The van der Waals surface area contributed by atoms with Crippen molar-refractivity contribution < 1.29 is 14.6 Å². The van der Waals surface area contributed by atoms with Crippen molar-refractivity contribution in [3.8, 4) is 0 Å². The maximum absolute atomic E-state index is 12.0. The summed E-state index contributed by atoms with van der Waals surface area (Å²) in [6.07, 6.45) is 2.46. The van der Waals surface area contributed by atoms with Gasteiger partial charge in [-0.1, -0.05) is 6.92 Å². The second-order valence-electron chi connectivity index (χ2n) is 7.00. The average molecular weight is 286 g/mol. The van der Waals surface area contributed by atoms with Gasteiger partial charge < -0.3 is 20.1 Å². The topological polar surface area (TPSA) is 61.8 Å². The van der Waals surface area contributed by atoms with Gasteiger partial charge >= 0.3 is 6.09 Å². The largest absolute Gasteiger partial charge is 0.444 e. The molecule has 0 aliphatic carbocycles. The first kappa shape index (κ1) is 17.2. The maximum Gasteiger partial charge on any atom is 0.410 e. The first-order valence-corrected chi connectivity index (χ1v) is 7.56. The van der Waals surface area contributed by atoms with Gasteiger partial charge in [0.2, 0.25) is 0 Å². The van der Waals surface area contributed by atoms with E-state index in [2.05, 4.69) is 5.32 Å². The molecule has 0 aromatic carbocycles. The number of amides is 1. The fourth-order valence-electron chi connectivity index (χ4n) is 2.13. The molecule has 0 saturated carbocycles. The van der Waals surface area contributed by atoms with Crippen LogP contribution in [0.4, 0.5) is 4.79 Å². The molecule has 0 spiro atoms. The number of rotatable bonds is 4. The number of likely N-dealkylation sites (tertiary alicyclic amines) is 1. The summed E-state index contributed by atoms with van der Waals surface area (Å²) in [7, 11) is 0. The van der Waals surface area contributed by atoms with Crippen molar-refractivity contribution >= 4 is 6.09 Å². The zero-order valence-corrected chi connectivity index (χ0v) is 13.5. The van der Waals surface area contributed by atoms with E-state index in [0.717, 1.165) is 19.4 Å². The zero-order valence-electron chi connectivity index (χ0n) is 13.5. The Labute approximate surface area is 122 Å². The highest BCUT2D eigenvalue weighted by atomic mass is 16.6. The van der Waals surface area contributed by atoms with Gasteiger partial charge in [0.1, 0.15) is 5.60 Å². The summed E-state index contributed by atoms with van der Waals surface area (Å²) >= 11 is 0. The van der Waals surface area contributed by atoms with Crippen LogP contribution in [0.3, 0.4) is 0 Å². The van der Waals surface area contributed by atoms with Crippen LogP contribution < -0.4 is 5.32 Å². The lowest BCUT2D eigenvalue weighted by atomic mass is 10.0. The molecule has 1 amide bonds. The number of hydrogen-bond donors (Lipinski definition) is 2. The van der Waals surface area contributed by atoms with Gasteiger partial charge in [0.15, 0.2) is 0 Å². The van der Waals surface area contributed by atoms with Crippen molar-refractivity contribution in [1.29, 1.82) is 0 Å². The van der Waals surface area contributed by atoms with Crippen LogP contribution in [-0.2, 0) is 4.74 Å². The van der Waals surface area contributed by atoms with E-state index in [1.165, 1.54) is 0 Å². The molecule has 20 heavy (non-hydrogen) atoms. The van der Waals surface area contributed by atoms with Gasteiger partial charge in [-0.25, -0.2) is 4.79 Å². The third-order valence-corrected chi connectivity index (χ3v) is 3.61. The Kier molecular flexibility index (Phi) is 5.83. The van der Waals surface area contributed by atoms with Crippen LogP contribution in [0.2, 0.25) is 0 Å². The maximum atomic E-state index is 12.0. The fraction of sp³-hybridized carbons (Fsp3) is 0.933. The van der Waals surface area contributed by atoms with Gasteiger partial charge in [0, 0.05) is 25.7 Å². The molecular weight excluding hydrogens is 256 g/mol. The molecule has 1 rings (SSSR count). The molecule has 1 heterocycles. The zero-order chi connectivity index (χ0) is 15.4. The third-order valence-electron chi connectivity index (χ3n) is 3.61. The lowest BCUT2D eigenvalue weighted by Crippen LogP contribution is -2.52. The van der Waals surface area contributed by atoms with Crippen LogP contribution in [0.25, 0.3) is 0 Å². The molecule has 0 aromatic heterocycles. The molecule has 2 atom stereocenters. The Morgan fingerprint density at radius 2 is 2.05 bits per heavy atom. The molecule has 5 heteroatoms. The Bertz CT molecular complexity index is 324. The summed E-state index contributed by atoms with van der Waals surface area (Å²) in [5, 5.41) is 13.4. The van der Waals surface area contributed by atoms with E-state index in [4.69, 9.17) is 4.74 Å². The van der Waals surface area contributed by atoms with Gasteiger partial charge in [0.25, 0.3) is 0 Å². The highest BCUT2D eigenvalue weighted by Crippen LogP contribution is 2.16. The number of carbonyl (C=O) groups excluding carboxylic acids is 1. The predicted octanol–water partition coefficient (Wildman–Crippen LogP) is 2.14. The number of piperidine rings is 1. The second-order valence-corrected chi connectivity index (χ2v) is 7.00. The Morgan fingerprint density at radius 3 is 2.60 bits per heavy atom. The van der Waals surface area contributed by atoms with E-state index in [1.807, 2.05) is 34.6 Å². The molecule has 0 radical (unpaired) electrons. The smallest absolute Gasteiger partial charge is 0.410 e. The average Bonchev–Trinajstić information content (AvgIpc) is 2.35. The van der Waals surface area contributed by atoms with Crippen molar-refractivity contribution in [3.05, 3.63) is 0 Å². The third kappa shape index (κ3) is 6.09. The Morgan fingerprint density at radius 1 is 1.40 bits per heavy atom. The van der Waals surface area contributed by atoms with Crippen LogP contribution >= 0.6 is 0 Å². The predicted molar refractivity (Wildman–Crippen MR) is 79.7 cm³/mol. The molecule has 118 valence electrons. The minimum Gasteiger partial charge on any atom is -0.444 e. The van der Waals surface area contributed by atoms with E-state index in [9.17, 15) is 9.90 Å². The molecule has 2 unspecified atom stereocenters. The summed E-state index contributed by atoms with van der Waals surface area (Å²) < 4.78 is 5.40. The summed E-state index contributed by atoms with van der Waals surface area (Å²) in [4.78, 5) is 13.8. The molecule has 1 fully saturated rings. The van der Waals surface area contributed by atoms with Gasteiger partial charge in [-0.3, -0.25) is 0 Å². The monoisotopic (exact) mass is 286 g/mol. The van der Waals surface area contributed by atoms with Gasteiger partial charge in [-0.15, -0.1) is 0 Å². The van der Waals surface area contributed by atoms with Crippen molar-refractivity contribution in [2.24, 2.45) is 0 Å². The van der Waals surface area contributed by atoms with Crippen molar-refractivity contribution in [2.75, 3.05) is 19.6 Å². The number of nitrogens with one attached hydrogen (secondary N) is 1. The van der Waals surface area contributed by atoms with Crippen LogP contribution in [0, 0.1) is 0 Å². The Balaban J connectivity index is 2.44. The molecule has 0 aromatic rings. The number of ether oxygens (including phenoxy) is 1. The highest BCUT2D eigenvalue weighted by Gasteiger charge is 2.28. The molecule has 0 bridgehead atoms. The minimum atomic E-state index is -0.686. The van der Waals surface area contributed by atoms with E-state index >= 15 is 0 Å². The van der Waals surface area contributed by atoms with Crippen molar-refractivity contribution in [3.63, 3.8) is 0 Å². The van der Waals surface area contributed by atoms with Gasteiger partial charge in [0.05, 0.1) is 5.60 Å². The molecule has 2 N–H and O–H groups in total. The van der Waals surface area contributed by atoms with Crippen LogP contribution in [0.5, 0.6) is 0 Å². The van der Waals surface area contributed by atoms with Crippen molar-refractivity contribution in [2.45, 2.75) is 71.1 Å². The standard InChI is InChI=1S/C15H30N2O3/c1-6-15(5,19)11-16-12-8-7-9-17(10-12)13(18)20-14(2,3)4/h12,16,19H,6-11H2,1-5H3. The molecule has 1 aliphatic rings. The number of carbonyl (C=O) groups is 1. The van der Waals surface area contributed by atoms with Gasteiger partial charge in [-0.05, 0) is 47.0 Å².